The molecule has 0 unspecified atom stereocenters. The Labute approximate surface area is 128 Å². The van der Waals surface area contributed by atoms with Crippen LogP contribution in [0.25, 0.3) is 0 Å². The molecule has 0 amide bonds. The lowest BCUT2D eigenvalue weighted by atomic mass is 10.2. The normalized spacial score (nSPS) is 14.2. The van der Waals surface area contributed by atoms with Crippen LogP contribution in [0.4, 0.5) is 4.39 Å². The first-order valence-corrected chi connectivity index (χ1v) is 7.33. The molecule has 3 rings (SSSR count). The Hall–Kier alpha value is -1.65. The molecule has 0 aliphatic heterocycles. The number of pyridine rings is 1. The van der Waals surface area contributed by atoms with Gasteiger partial charge in [0.1, 0.15) is 18.2 Å². The van der Waals surface area contributed by atoms with Crippen LogP contribution >= 0.6 is 11.6 Å². The van der Waals surface area contributed by atoms with Gasteiger partial charge in [-0.05, 0) is 43.2 Å². The number of nitrogens with zero attached hydrogens (tertiary/aromatic N) is 1. The maximum Gasteiger partial charge on any atom is 0.138 e. The van der Waals surface area contributed by atoms with Crippen molar-refractivity contribution in [3.05, 3.63) is 58.6 Å². The van der Waals surface area contributed by atoms with E-state index in [1.807, 2.05) is 12.1 Å². The number of halogens is 2. The Morgan fingerprint density at radius 1 is 1.29 bits per heavy atom. The summed E-state index contributed by atoms with van der Waals surface area (Å²) in [5.74, 6) is 0.322. The van der Waals surface area contributed by atoms with Gasteiger partial charge in [-0.15, -0.1) is 0 Å². The number of aromatic nitrogens is 1. The Bertz CT molecular complexity index is 614. The second-order valence-corrected chi connectivity index (χ2v) is 5.57. The lowest BCUT2D eigenvalue weighted by Crippen LogP contribution is -2.16. The minimum atomic E-state index is -0.322. The van der Waals surface area contributed by atoms with E-state index < -0.39 is 0 Å². The van der Waals surface area contributed by atoms with Crippen LogP contribution in [-0.2, 0) is 13.2 Å². The third-order valence-electron chi connectivity index (χ3n) is 3.35. The van der Waals surface area contributed by atoms with Gasteiger partial charge in [-0.1, -0.05) is 11.6 Å². The van der Waals surface area contributed by atoms with Crippen molar-refractivity contribution in [1.29, 1.82) is 0 Å². The van der Waals surface area contributed by atoms with Crippen LogP contribution in [0.15, 0.2) is 36.5 Å². The molecule has 1 saturated carbocycles. The Morgan fingerprint density at radius 2 is 2.14 bits per heavy atom. The third kappa shape index (κ3) is 4.16. The minimum absolute atomic E-state index is 0.220. The first kappa shape index (κ1) is 14.3. The van der Waals surface area contributed by atoms with Crippen molar-refractivity contribution < 1.29 is 9.13 Å². The molecule has 1 heterocycles. The van der Waals surface area contributed by atoms with E-state index in [0.717, 1.165) is 12.2 Å². The molecule has 1 fully saturated rings. The van der Waals surface area contributed by atoms with Crippen LogP contribution in [0, 0.1) is 5.82 Å². The number of rotatable bonds is 6. The summed E-state index contributed by atoms with van der Waals surface area (Å²) in [6.07, 6.45) is 4.20. The third-order valence-corrected chi connectivity index (χ3v) is 3.72. The molecular weight excluding hydrogens is 291 g/mol. The predicted octanol–water partition coefficient (Wildman–Crippen LogP) is 3.71. The molecule has 3 nitrogen and oxygen atoms in total. The molecule has 110 valence electrons. The van der Waals surface area contributed by atoms with Gasteiger partial charge in [0.2, 0.25) is 0 Å². The Balaban J connectivity index is 1.55. The topological polar surface area (TPSA) is 34.1 Å². The van der Waals surface area contributed by atoms with Crippen LogP contribution in [0.1, 0.15) is 24.1 Å². The Morgan fingerprint density at radius 3 is 2.86 bits per heavy atom. The number of hydrogen-bond donors (Lipinski definition) is 1. The SMILES string of the molecule is Fc1ccc(Cl)c(COc2ccc(CNC3CC3)nc2)c1. The fraction of sp³-hybridized carbons (Fsp3) is 0.312. The summed E-state index contributed by atoms with van der Waals surface area (Å²) in [4.78, 5) is 4.34. The van der Waals surface area contributed by atoms with Gasteiger partial charge in [0.05, 0.1) is 11.9 Å². The van der Waals surface area contributed by atoms with Gasteiger partial charge in [0.15, 0.2) is 0 Å². The van der Waals surface area contributed by atoms with E-state index in [1.165, 1.54) is 31.0 Å². The average molecular weight is 307 g/mol. The fourth-order valence-corrected chi connectivity index (χ4v) is 2.12. The molecule has 5 heteroatoms. The van der Waals surface area contributed by atoms with Gasteiger partial charge in [-0.2, -0.15) is 0 Å². The molecular formula is C16H16ClFN2O. The lowest BCUT2D eigenvalue weighted by Gasteiger charge is -2.08. The van der Waals surface area contributed by atoms with Crippen LogP contribution in [0.3, 0.4) is 0 Å². The molecule has 1 aliphatic rings. The standard InChI is InChI=1S/C16H16ClFN2O/c17-16-6-1-12(18)7-11(16)10-21-15-5-4-14(20-9-15)8-19-13-2-3-13/h1,4-7,9,13,19H,2-3,8,10H2. The summed E-state index contributed by atoms with van der Waals surface area (Å²) < 4.78 is 18.7. The van der Waals surface area contributed by atoms with E-state index >= 15 is 0 Å². The summed E-state index contributed by atoms with van der Waals surface area (Å²) in [5, 5.41) is 3.90. The zero-order valence-electron chi connectivity index (χ0n) is 11.5. The Kier molecular flexibility index (Phi) is 4.36. The molecule has 0 atom stereocenters. The molecule has 1 aromatic carbocycles. The molecule has 21 heavy (non-hydrogen) atoms. The summed E-state index contributed by atoms with van der Waals surface area (Å²) in [6.45, 7) is 0.999. The first-order valence-electron chi connectivity index (χ1n) is 6.96. The van der Waals surface area contributed by atoms with Crippen molar-refractivity contribution in [3.63, 3.8) is 0 Å². The molecule has 0 radical (unpaired) electrons. The van der Waals surface area contributed by atoms with Gasteiger partial charge in [0.25, 0.3) is 0 Å². The summed E-state index contributed by atoms with van der Waals surface area (Å²) in [5.41, 5.74) is 1.61. The average Bonchev–Trinajstić information content (AvgIpc) is 3.31. The van der Waals surface area contributed by atoms with Gasteiger partial charge >= 0.3 is 0 Å². The van der Waals surface area contributed by atoms with Crippen LogP contribution in [-0.4, -0.2) is 11.0 Å². The van der Waals surface area contributed by atoms with Crippen molar-refractivity contribution >= 4 is 11.6 Å². The fourth-order valence-electron chi connectivity index (χ4n) is 1.95. The van der Waals surface area contributed by atoms with Crippen molar-refractivity contribution in [2.24, 2.45) is 0 Å². The van der Waals surface area contributed by atoms with E-state index in [0.29, 0.717) is 22.4 Å². The molecule has 2 aromatic rings. The minimum Gasteiger partial charge on any atom is -0.487 e. The number of hydrogen-bond acceptors (Lipinski definition) is 3. The molecule has 0 spiro atoms. The highest BCUT2D eigenvalue weighted by Crippen LogP contribution is 2.21. The quantitative estimate of drug-likeness (QED) is 0.883. The van der Waals surface area contributed by atoms with E-state index in [9.17, 15) is 4.39 Å². The second-order valence-electron chi connectivity index (χ2n) is 5.16. The highest BCUT2D eigenvalue weighted by molar-refractivity contribution is 6.31. The smallest absolute Gasteiger partial charge is 0.138 e. The number of benzene rings is 1. The molecule has 1 N–H and O–H groups in total. The highest BCUT2D eigenvalue weighted by atomic mass is 35.5. The van der Waals surface area contributed by atoms with E-state index in [4.69, 9.17) is 16.3 Å². The van der Waals surface area contributed by atoms with Crippen LogP contribution in [0.2, 0.25) is 5.02 Å². The summed E-state index contributed by atoms with van der Waals surface area (Å²) in [6, 6.07) is 8.69. The molecule has 0 saturated heterocycles. The van der Waals surface area contributed by atoms with Crippen molar-refractivity contribution in [2.45, 2.75) is 32.0 Å². The van der Waals surface area contributed by atoms with Gasteiger partial charge in [-0.25, -0.2) is 4.39 Å². The van der Waals surface area contributed by atoms with E-state index in [-0.39, 0.29) is 12.4 Å². The van der Waals surface area contributed by atoms with Gasteiger partial charge < -0.3 is 10.1 Å². The molecule has 0 bridgehead atoms. The summed E-state index contributed by atoms with van der Waals surface area (Å²) in [7, 11) is 0. The van der Waals surface area contributed by atoms with E-state index in [1.54, 1.807) is 6.20 Å². The van der Waals surface area contributed by atoms with Gasteiger partial charge in [-0.3, -0.25) is 4.98 Å². The second kappa shape index (κ2) is 6.41. The monoisotopic (exact) mass is 306 g/mol. The maximum atomic E-state index is 13.1. The largest absolute Gasteiger partial charge is 0.487 e. The van der Waals surface area contributed by atoms with Crippen molar-refractivity contribution in [2.75, 3.05) is 0 Å². The van der Waals surface area contributed by atoms with Crippen LogP contribution in [0.5, 0.6) is 5.75 Å². The molecule has 1 aliphatic carbocycles. The first-order chi connectivity index (χ1) is 10.2. The van der Waals surface area contributed by atoms with Crippen molar-refractivity contribution in [1.82, 2.24) is 10.3 Å². The van der Waals surface area contributed by atoms with Crippen molar-refractivity contribution in [3.8, 4) is 5.75 Å². The molecule has 1 aromatic heterocycles. The lowest BCUT2D eigenvalue weighted by molar-refractivity contribution is 0.304. The zero-order valence-corrected chi connectivity index (χ0v) is 12.2. The maximum absolute atomic E-state index is 13.1. The summed E-state index contributed by atoms with van der Waals surface area (Å²) >= 11 is 5.99. The zero-order chi connectivity index (χ0) is 14.7. The highest BCUT2D eigenvalue weighted by Gasteiger charge is 2.20. The van der Waals surface area contributed by atoms with Gasteiger partial charge in [0, 0.05) is 23.2 Å². The number of ether oxygens (including phenoxy) is 1. The van der Waals surface area contributed by atoms with E-state index in [2.05, 4.69) is 10.3 Å². The number of nitrogens with one attached hydrogen (secondary N) is 1. The van der Waals surface area contributed by atoms with Crippen LogP contribution < -0.4 is 10.1 Å². The predicted molar refractivity (Wildman–Crippen MR) is 79.8 cm³/mol.